The first-order valence-electron chi connectivity index (χ1n) is 5.81. The van der Waals surface area contributed by atoms with Crippen LogP contribution < -0.4 is 5.43 Å². The van der Waals surface area contributed by atoms with Crippen LogP contribution in [0.15, 0.2) is 53.6 Å². The average molecular weight is 273 g/mol. The highest BCUT2D eigenvalue weighted by Crippen LogP contribution is 2.17. The summed E-state index contributed by atoms with van der Waals surface area (Å²) in [4.78, 5) is 11.9. The predicted octanol–water partition coefficient (Wildman–Crippen LogP) is 3.41. The lowest BCUT2D eigenvalue weighted by atomic mass is 10.1. The molecule has 0 atom stereocenters. The lowest BCUT2D eigenvalue weighted by Gasteiger charge is -2.03. The molecule has 0 fully saturated rings. The van der Waals surface area contributed by atoms with Gasteiger partial charge in [0.2, 0.25) is 0 Å². The first kappa shape index (κ1) is 13.3. The lowest BCUT2D eigenvalue weighted by molar-refractivity contribution is 0.0955. The molecule has 0 aliphatic carbocycles. The average Bonchev–Trinajstić information content (AvgIpc) is 2.39. The van der Waals surface area contributed by atoms with Crippen molar-refractivity contribution in [1.82, 2.24) is 5.43 Å². The van der Waals surface area contributed by atoms with E-state index in [2.05, 4.69) is 10.5 Å². The third kappa shape index (κ3) is 3.66. The number of hydrogen-bond acceptors (Lipinski definition) is 2. The van der Waals surface area contributed by atoms with Gasteiger partial charge in [0.15, 0.2) is 0 Å². The Hall–Kier alpha value is -2.13. The van der Waals surface area contributed by atoms with Gasteiger partial charge in [0.05, 0.1) is 16.8 Å². The summed E-state index contributed by atoms with van der Waals surface area (Å²) in [5.74, 6) is -0.322. The number of rotatable bonds is 3. The van der Waals surface area contributed by atoms with Crippen LogP contribution >= 0.6 is 11.6 Å². The van der Waals surface area contributed by atoms with Crippen molar-refractivity contribution in [2.24, 2.45) is 5.10 Å². The van der Waals surface area contributed by atoms with E-state index in [1.807, 2.05) is 43.3 Å². The van der Waals surface area contributed by atoms with Crippen molar-refractivity contribution in [2.45, 2.75) is 6.92 Å². The predicted molar refractivity (Wildman–Crippen MR) is 77.7 cm³/mol. The van der Waals surface area contributed by atoms with Crippen LogP contribution in [0.2, 0.25) is 5.02 Å². The Morgan fingerprint density at radius 1 is 1.21 bits per heavy atom. The molecular formula is C15H13ClN2O. The van der Waals surface area contributed by atoms with Gasteiger partial charge in [-0.25, -0.2) is 5.43 Å². The summed E-state index contributed by atoms with van der Waals surface area (Å²) in [5, 5.41) is 4.32. The highest BCUT2D eigenvalue weighted by molar-refractivity contribution is 6.33. The lowest BCUT2D eigenvalue weighted by Crippen LogP contribution is -2.18. The van der Waals surface area contributed by atoms with Gasteiger partial charge >= 0.3 is 0 Å². The second-order valence-corrected chi connectivity index (χ2v) is 4.50. The number of carbonyl (C=O) groups is 1. The van der Waals surface area contributed by atoms with Gasteiger partial charge in [0.25, 0.3) is 5.91 Å². The quantitative estimate of drug-likeness (QED) is 0.675. The van der Waals surface area contributed by atoms with Crippen molar-refractivity contribution in [3.05, 3.63) is 70.2 Å². The van der Waals surface area contributed by atoms with E-state index in [-0.39, 0.29) is 5.91 Å². The zero-order valence-corrected chi connectivity index (χ0v) is 11.2. The fourth-order valence-corrected chi connectivity index (χ4v) is 1.89. The van der Waals surface area contributed by atoms with Crippen LogP contribution in [-0.2, 0) is 0 Å². The molecule has 0 spiro atoms. The van der Waals surface area contributed by atoms with Crippen molar-refractivity contribution in [1.29, 1.82) is 0 Å². The highest BCUT2D eigenvalue weighted by atomic mass is 35.5. The van der Waals surface area contributed by atoms with Gasteiger partial charge in [-0.05, 0) is 30.2 Å². The number of aryl methyl sites for hydroxylation is 1. The molecule has 0 aromatic heterocycles. The maximum atomic E-state index is 11.9. The second kappa shape index (κ2) is 6.16. The third-order valence-corrected chi connectivity index (χ3v) is 2.86. The molecule has 1 N–H and O–H groups in total. The fourth-order valence-electron chi connectivity index (χ4n) is 1.57. The van der Waals surface area contributed by atoms with Gasteiger partial charge in [-0.2, -0.15) is 5.10 Å². The second-order valence-electron chi connectivity index (χ2n) is 4.09. The molecule has 0 saturated carbocycles. The van der Waals surface area contributed by atoms with Gasteiger partial charge in [0.1, 0.15) is 0 Å². The maximum absolute atomic E-state index is 11.9. The first-order chi connectivity index (χ1) is 9.16. The Morgan fingerprint density at radius 3 is 2.63 bits per heavy atom. The minimum Gasteiger partial charge on any atom is -0.267 e. The van der Waals surface area contributed by atoms with E-state index in [0.29, 0.717) is 10.6 Å². The van der Waals surface area contributed by atoms with E-state index in [1.54, 1.807) is 18.3 Å². The number of benzene rings is 2. The van der Waals surface area contributed by atoms with Crippen molar-refractivity contribution in [3.8, 4) is 0 Å². The van der Waals surface area contributed by atoms with Crippen molar-refractivity contribution in [3.63, 3.8) is 0 Å². The van der Waals surface area contributed by atoms with Crippen molar-refractivity contribution in [2.75, 3.05) is 0 Å². The Kier molecular flexibility index (Phi) is 4.31. The van der Waals surface area contributed by atoms with Gasteiger partial charge in [-0.1, -0.05) is 48.0 Å². The summed E-state index contributed by atoms with van der Waals surface area (Å²) in [6.07, 6.45) is 1.58. The number of nitrogens with one attached hydrogen (secondary N) is 1. The van der Waals surface area contributed by atoms with Gasteiger partial charge < -0.3 is 0 Å². The monoisotopic (exact) mass is 272 g/mol. The molecule has 0 aliphatic heterocycles. The molecule has 96 valence electrons. The zero-order chi connectivity index (χ0) is 13.7. The van der Waals surface area contributed by atoms with Gasteiger partial charge in [-0.15, -0.1) is 0 Å². The molecule has 0 bridgehead atoms. The van der Waals surface area contributed by atoms with E-state index in [9.17, 15) is 4.79 Å². The Balaban J connectivity index is 2.04. The molecule has 0 aliphatic rings. The van der Waals surface area contributed by atoms with Gasteiger partial charge in [-0.3, -0.25) is 4.79 Å². The molecule has 3 nitrogen and oxygen atoms in total. The smallest absolute Gasteiger partial charge is 0.267 e. The summed E-state index contributed by atoms with van der Waals surface area (Å²) in [7, 11) is 0. The molecule has 0 radical (unpaired) electrons. The zero-order valence-electron chi connectivity index (χ0n) is 10.4. The maximum Gasteiger partial charge on any atom is 0.272 e. The number of carbonyl (C=O) groups excluding carboxylic acids is 1. The van der Waals surface area contributed by atoms with Gasteiger partial charge in [0, 0.05) is 0 Å². The summed E-state index contributed by atoms with van der Waals surface area (Å²) < 4.78 is 0. The third-order valence-electron chi connectivity index (χ3n) is 2.55. The molecule has 2 aromatic carbocycles. The van der Waals surface area contributed by atoms with Crippen LogP contribution in [0.4, 0.5) is 0 Å². The molecule has 2 rings (SSSR count). The highest BCUT2D eigenvalue weighted by Gasteiger charge is 2.08. The standard InChI is InChI=1S/C15H13ClN2O/c1-11-7-8-13(14(16)9-11)15(19)18-17-10-12-5-3-2-4-6-12/h2-10H,1H3,(H,18,19)/b17-10+. The number of hydrogen-bond donors (Lipinski definition) is 1. The summed E-state index contributed by atoms with van der Waals surface area (Å²) in [6, 6.07) is 14.8. The summed E-state index contributed by atoms with van der Waals surface area (Å²) >= 11 is 6.01. The molecule has 19 heavy (non-hydrogen) atoms. The van der Waals surface area contributed by atoms with Crippen LogP contribution in [0.5, 0.6) is 0 Å². The molecule has 4 heteroatoms. The number of nitrogens with zero attached hydrogens (tertiary/aromatic N) is 1. The number of hydrazone groups is 1. The fraction of sp³-hybridized carbons (Fsp3) is 0.0667. The Bertz CT molecular complexity index is 609. The van der Waals surface area contributed by atoms with Crippen molar-refractivity contribution >= 4 is 23.7 Å². The van der Waals surface area contributed by atoms with Crippen LogP contribution in [0.1, 0.15) is 21.5 Å². The molecule has 1 amide bonds. The minimum absolute atomic E-state index is 0.322. The van der Waals surface area contributed by atoms with E-state index in [0.717, 1.165) is 11.1 Å². The van der Waals surface area contributed by atoms with Crippen molar-refractivity contribution < 1.29 is 4.79 Å². The molecule has 2 aromatic rings. The van der Waals surface area contributed by atoms with E-state index in [4.69, 9.17) is 11.6 Å². The van der Waals surface area contributed by atoms with Crippen LogP contribution in [0.25, 0.3) is 0 Å². The summed E-state index contributed by atoms with van der Waals surface area (Å²) in [6.45, 7) is 1.92. The topological polar surface area (TPSA) is 41.5 Å². The minimum atomic E-state index is -0.322. The van der Waals surface area contributed by atoms with E-state index >= 15 is 0 Å². The molecule has 0 unspecified atom stereocenters. The van der Waals surface area contributed by atoms with Crippen LogP contribution in [-0.4, -0.2) is 12.1 Å². The first-order valence-corrected chi connectivity index (χ1v) is 6.19. The molecule has 0 saturated heterocycles. The normalized spacial score (nSPS) is 10.6. The van der Waals surface area contributed by atoms with E-state index < -0.39 is 0 Å². The Morgan fingerprint density at radius 2 is 1.95 bits per heavy atom. The largest absolute Gasteiger partial charge is 0.272 e. The Labute approximate surface area is 116 Å². The number of amides is 1. The molecule has 0 heterocycles. The number of halogens is 1. The SMILES string of the molecule is Cc1ccc(C(=O)N/N=C/c2ccccc2)c(Cl)c1. The molecular weight excluding hydrogens is 260 g/mol. The summed E-state index contributed by atoms with van der Waals surface area (Å²) in [5.41, 5.74) is 4.79. The van der Waals surface area contributed by atoms with E-state index in [1.165, 1.54) is 0 Å². The van der Waals surface area contributed by atoms with Crippen LogP contribution in [0, 0.1) is 6.92 Å². The van der Waals surface area contributed by atoms with Crippen LogP contribution in [0.3, 0.4) is 0 Å².